The average molecular weight is 381 g/mol. The third-order valence-electron chi connectivity index (χ3n) is 4.78. The van der Waals surface area contributed by atoms with Gasteiger partial charge in [-0.1, -0.05) is 12.1 Å². The van der Waals surface area contributed by atoms with Gasteiger partial charge in [-0.05, 0) is 56.0 Å². The second-order valence-electron chi connectivity index (χ2n) is 6.96. The Morgan fingerprint density at radius 3 is 2.75 bits per heavy atom. The zero-order valence-corrected chi connectivity index (χ0v) is 15.7. The molecule has 7 nitrogen and oxygen atoms in total. The van der Waals surface area contributed by atoms with Gasteiger partial charge in [0.15, 0.2) is 0 Å². The van der Waals surface area contributed by atoms with Crippen LogP contribution in [-0.4, -0.2) is 45.4 Å². The Bertz CT molecular complexity index is 879. The number of pyridine rings is 1. The molecule has 2 heterocycles. The molecule has 1 aromatic carbocycles. The molecule has 3 rings (SSSR count). The van der Waals surface area contributed by atoms with Crippen molar-refractivity contribution < 1.29 is 19.5 Å². The van der Waals surface area contributed by atoms with Crippen LogP contribution < -0.4 is 5.32 Å². The summed E-state index contributed by atoms with van der Waals surface area (Å²) in [5.74, 6) is -1.52. The average Bonchev–Trinajstić information content (AvgIpc) is 2.69. The Balaban J connectivity index is 1.69. The van der Waals surface area contributed by atoms with Crippen molar-refractivity contribution in [2.75, 3.05) is 11.9 Å². The predicted molar refractivity (Wildman–Crippen MR) is 104 cm³/mol. The lowest BCUT2D eigenvalue weighted by Gasteiger charge is -2.33. The maximum absolute atomic E-state index is 12.8. The van der Waals surface area contributed by atoms with Gasteiger partial charge in [-0.3, -0.25) is 14.6 Å². The van der Waals surface area contributed by atoms with Crippen LogP contribution in [-0.2, 0) is 16.0 Å². The SMILES string of the molecule is Cc1ccc(CC(=O)Nc2cccc(C(=O)N3CCCCC3C(=O)O)c2)cn1. The van der Waals surface area contributed by atoms with Gasteiger partial charge in [-0.25, -0.2) is 4.79 Å². The van der Waals surface area contributed by atoms with E-state index in [-0.39, 0.29) is 18.2 Å². The summed E-state index contributed by atoms with van der Waals surface area (Å²) in [4.78, 5) is 42.1. The van der Waals surface area contributed by atoms with E-state index >= 15 is 0 Å². The summed E-state index contributed by atoms with van der Waals surface area (Å²) < 4.78 is 0. The maximum Gasteiger partial charge on any atom is 0.326 e. The second kappa shape index (κ2) is 8.65. The van der Waals surface area contributed by atoms with Crippen LogP contribution in [0.2, 0.25) is 0 Å². The molecule has 28 heavy (non-hydrogen) atoms. The molecule has 7 heteroatoms. The molecule has 2 aromatic rings. The number of carboxylic acid groups (broad SMARTS) is 1. The molecular weight excluding hydrogens is 358 g/mol. The van der Waals surface area contributed by atoms with Crippen LogP contribution in [0.25, 0.3) is 0 Å². The minimum absolute atomic E-state index is 0.179. The standard InChI is InChI=1S/C21H23N3O4/c1-14-8-9-15(13-22-14)11-19(25)23-17-6-4-5-16(12-17)20(26)24-10-3-2-7-18(24)21(27)28/h4-6,8-9,12-13,18H,2-3,7,10-11H2,1H3,(H,23,25)(H,27,28). The number of piperidine rings is 1. The van der Waals surface area contributed by atoms with Crippen molar-refractivity contribution in [2.24, 2.45) is 0 Å². The third kappa shape index (κ3) is 4.73. The van der Waals surface area contributed by atoms with Crippen molar-refractivity contribution >= 4 is 23.5 Å². The van der Waals surface area contributed by atoms with E-state index in [0.717, 1.165) is 24.1 Å². The first-order valence-electron chi connectivity index (χ1n) is 9.29. The van der Waals surface area contributed by atoms with Gasteiger partial charge in [0.25, 0.3) is 5.91 Å². The van der Waals surface area contributed by atoms with Gasteiger partial charge < -0.3 is 15.3 Å². The quantitative estimate of drug-likeness (QED) is 0.829. The number of carboxylic acids is 1. The lowest BCUT2D eigenvalue weighted by molar-refractivity contribution is -0.143. The van der Waals surface area contributed by atoms with E-state index in [4.69, 9.17) is 0 Å². The van der Waals surface area contributed by atoms with Gasteiger partial charge >= 0.3 is 5.97 Å². The fourth-order valence-electron chi connectivity index (χ4n) is 3.32. The topological polar surface area (TPSA) is 99.6 Å². The Morgan fingerprint density at radius 1 is 1.21 bits per heavy atom. The summed E-state index contributed by atoms with van der Waals surface area (Å²) >= 11 is 0. The molecule has 0 saturated carbocycles. The highest BCUT2D eigenvalue weighted by atomic mass is 16.4. The molecule has 1 saturated heterocycles. The molecule has 0 bridgehead atoms. The summed E-state index contributed by atoms with van der Waals surface area (Å²) in [5.41, 5.74) is 2.54. The zero-order valence-electron chi connectivity index (χ0n) is 15.7. The normalized spacial score (nSPS) is 16.5. The van der Waals surface area contributed by atoms with Gasteiger partial charge in [0.2, 0.25) is 5.91 Å². The largest absolute Gasteiger partial charge is 0.480 e. The Labute approximate surface area is 163 Å². The molecule has 1 aliphatic rings. The summed E-state index contributed by atoms with van der Waals surface area (Å²) in [5, 5.41) is 12.2. The van der Waals surface area contributed by atoms with Crippen molar-refractivity contribution in [1.82, 2.24) is 9.88 Å². The van der Waals surface area contributed by atoms with Crippen LogP contribution in [0.15, 0.2) is 42.6 Å². The number of benzene rings is 1. The number of nitrogens with one attached hydrogen (secondary N) is 1. The fraction of sp³-hybridized carbons (Fsp3) is 0.333. The molecule has 1 atom stereocenters. The third-order valence-corrected chi connectivity index (χ3v) is 4.78. The number of aliphatic carboxylic acids is 1. The molecule has 2 amide bonds. The van der Waals surface area contributed by atoms with Crippen molar-refractivity contribution in [3.63, 3.8) is 0 Å². The van der Waals surface area contributed by atoms with E-state index < -0.39 is 12.0 Å². The number of amides is 2. The van der Waals surface area contributed by atoms with Crippen LogP contribution in [0.5, 0.6) is 0 Å². The lowest BCUT2D eigenvalue weighted by Crippen LogP contribution is -2.48. The highest BCUT2D eigenvalue weighted by Gasteiger charge is 2.32. The summed E-state index contributed by atoms with van der Waals surface area (Å²) in [6.45, 7) is 2.30. The highest BCUT2D eigenvalue weighted by molar-refractivity contribution is 5.99. The minimum Gasteiger partial charge on any atom is -0.480 e. The first-order chi connectivity index (χ1) is 13.4. The zero-order chi connectivity index (χ0) is 20.1. The molecule has 1 unspecified atom stereocenters. The number of likely N-dealkylation sites (tertiary alicyclic amines) is 1. The number of aromatic nitrogens is 1. The molecule has 1 fully saturated rings. The van der Waals surface area contributed by atoms with Gasteiger partial charge in [0, 0.05) is 29.7 Å². The Hall–Kier alpha value is -3.22. The first-order valence-corrected chi connectivity index (χ1v) is 9.29. The molecule has 0 spiro atoms. The number of aryl methyl sites for hydroxylation is 1. The van der Waals surface area contributed by atoms with E-state index in [0.29, 0.717) is 24.2 Å². The minimum atomic E-state index is -0.982. The van der Waals surface area contributed by atoms with Gasteiger partial charge in [-0.15, -0.1) is 0 Å². The number of rotatable bonds is 5. The first kappa shape index (κ1) is 19.5. The van der Waals surface area contributed by atoms with Crippen LogP contribution in [0.1, 0.15) is 40.9 Å². The van der Waals surface area contributed by atoms with Crippen molar-refractivity contribution in [2.45, 2.75) is 38.6 Å². The number of hydrogen-bond donors (Lipinski definition) is 2. The molecule has 0 aliphatic carbocycles. The highest BCUT2D eigenvalue weighted by Crippen LogP contribution is 2.21. The van der Waals surface area contributed by atoms with E-state index in [1.54, 1.807) is 30.5 Å². The van der Waals surface area contributed by atoms with Crippen LogP contribution in [0.4, 0.5) is 5.69 Å². The summed E-state index contributed by atoms with van der Waals surface area (Å²) in [6.07, 6.45) is 3.89. The van der Waals surface area contributed by atoms with Crippen LogP contribution >= 0.6 is 0 Å². The molecule has 2 N–H and O–H groups in total. The predicted octanol–water partition coefficient (Wildman–Crippen LogP) is 2.65. The number of carbonyl (C=O) groups is 3. The molecule has 1 aliphatic heterocycles. The van der Waals surface area contributed by atoms with Gasteiger partial charge in [0.1, 0.15) is 6.04 Å². The van der Waals surface area contributed by atoms with E-state index in [1.807, 2.05) is 19.1 Å². The van der Waals surface area contributed by atoms with E-state index in [2.05, 4.69) is 10.3 Å². The molecule has 0 radical (unpaired) electrons. The lowest BCUT2D eigenvalue weighted by atomic mass is 10.0. The van der Waals surface area contributed by atoms with E-state index in [1.165, 1.54) is 4.90 Å². The molecule has 1 aromatic heterocycles. The van der Waals surface area contributed by atoms with Gasteiger partial charge in [0.05, 0.1) is 6.42 Å². The number of hydrogen-bond acceptors (Lipinski definition) is 4. The van der Waals surface area contributed by atoms with Crippen LogP contribution in [0.3, 0.4) is 0 Å². The van der Waals surface area contributed by atoms with Crippen LogP contribution in [0, 0.1) is 6.92 Å². The number of anilines is 1. The number of nitrogens with zero attached hydrogens (tertiary/aromatic N) is 2. The smallest absolute Gasteiger partial charge is 0.326 e. The van der Waals surface area contributed by atoms with Crippen molar-refractivity contribution in [3.05, 3.63) is 59.4 Å². The maximum atomic E-state index is 12.8. The Morgan fingerprint density at radius 2 is 2.04 bits per heavy atom. The Kier molecular flexibility index (Phi) is 6.03. The van der Waals surface area contributed by atoms with Crippen molar-refractivity contribution in [1.29, 1.82) is 0 Å². The summed E-state index contributed by atoms with van der Waals surface area (Å²) in [6, 6.07) is 9.50. The summed E-state index contributed by atoms with van der Waals surface area (Å²) in [7, 11) is 0. The van der Waals surface area contributed by atoms with Crippen molar-refractivity contribution in [3.8, 4) is 0 Å². The second-order valence-corrected chi connectivity index (χ2v) is 6.96. The van der Waals surface area contributed by atoms with Gasteiger partial charge in [-0.2, -0.15) is 0 Å². The molecular formula is C21H23N3O4. The van der Waals surface area contributed by atoms with E-state index in [9.17, 15) is 19.5 Å². The molecule has 146 valence electrons. The fourth-order valence-corrected chi connectivity index (χ4v) is 3.32. The monoisotopic (exact) mass is 381 g/mol. The number of carbonyl (C=O) groups excluding carboxylic acids is 2.